The minimum absolute atomic E-state index is 0.667. The molecule has 8 N–H and O–H groups in total. The second-order valence-corrected chi connectivity index (χ2v) is 5.53. The molecule has 10 atom stereocenters. The van der Waals surface area contributed by atoms with Crippen LogP contribution >= 0.6 is 0 Å². The van der Waals surface area contributed by atoms with Gasteiger partial charge in [-0.25, -0.2) is 0 Å². The highest BCUT2D eigenvalue weighted by atomic mass is 16.8. The summed E-state index contributed by atoms with van der Waals surface area (Å²) in [6.07, 6.45) is -15.6. The first-order valence-corrected chi connectivity index (χ1v) is 7.08. The lowest BCUT2D eigenvalue weighted by Gasteiger charge is -2.44. The molecule has 2 aliphatic rings. The number of aliphatic hydroxyl groups is 8. The monoisotopic (exact) mass is 342 g/mol. The van der Waals surface area contributed by atoms with Crippen molar-refractivity contribution in [2.24, 2.45) is 0 Å². The highest BCUT2D eigenvalue weighted by Crippen LogP contribution is 2.27. The summed E-state index contributed by atoms with van der Waals surface area (Å²) in [6, 6.07) is 0. The maximum atomic E-state index is 9.84. The van der Waals surface area contributed by atoms with Crippen molar-refractivity contribution >= 4 is 0 Å². The molecular formula is C12H22O11. The van der Waals surface area contributed by atoms with Crippen LogP contribution in [0.4, 0.5) is 0 Å². The quantitative estimate of drug-likeness (QED) is 0.243. The van der Waals surface area contributed by atoms with Crippen LogP contribution in [-0.4, -0.2) is 115 Å². The fourth-order valence-electron chi connectivity index (χ4n) is 2.49. The molecule has 0 radical (unpaired) electrons. The van der Waals surface area contributed by atoms with Crippen LogP contribution in [0.15, 0.2) is 0 Å². The van der Waals surface area contributed by atoms with Crippen molar-refractivity contribution in [3.05, 3.63) is 0 Å². The van der Waals surface area contributed by atoms with Crippen LogP contribution in [0.25, 0.3) is 0 Å². The standard InChI is InChI=1S/C12H22O11/c13-1-3-5(15)7(17)9(19)11(21-3)23-12-10(20)8(18)6(16)4(2-14)22-12/h3-20H,1-2H2/t3?,4?,5-,6-,7-,8?,9?,10-,11-,12-/m1/s1. The first-order valence-electron chi connectivity index (χ1n) is 7.08. The van der Waals surface area contributed by atoms with Gasteiger partial charge in [-0.2, -0.15) is 0 Å². The summed E-state index contributed by atoms with van der Waals surface area (Å²) in [4.78, 5) is 0. The number of aliphatic hydroxyl groups excluding tert-OH is 8. The Morgan fingerprint density at radius 3 is 1.22 bits per heavy atom. The van der Waals surface area contributed by atoms with Crippen LogP contribution < -0.4 is 0 Å². The van der Waals surface area contributed by atoms with Gasteiger partial charge in [-0.3, -0.25) is 0 Å². The van der Waals surface area contributed by atoms with Gasteiger partial charge in [0.05, 0.1) is 13.2 Å². The van der Waals surface area contributed by atoms with Crippen LogP contribution in [0.5, 0.6) is 0 Å². The number of ether oxygens (including phenoxy) is 3. The minimum atomic E-state index is -1.72. The molecule has 136 valence electrons. The highest BCUT2D eigenvalue weighted by molar-refractivity contribution is 4.92. The maximum absolute atomic E-state index is 9.84. The fraction of sp³-hybridized carbons (Fsp3) is 1.00. The lowest BCUT2D eigenvalue weighted by molar-refractivity contribution is -0.376. The average molecular weight is 342 g/mol. The molecule has 0 aliphatic carbocycles. The molecule has 0 saturated carbocycles. The molecule has 0 aromatic carbocycles. The third-order valence-electron chi connectivity index (χ3n) is 3.97. The lowest BCUT2D eigenvalue weighted by Crippen LogP contribution is -2.63. The van der Waals surface area contributed by atoms with Crippen molar-refractivity contribution in [1.82, 2.24) is 0 Å². The molecule has 2 fully saturated rings. The molecule has 11 heteroatoms. The van der Waals surface area contributed by atoms with Crippen LogP contribution in [-0.2, 0) is 14.2 Å². The van der Waals surface area contributed by atoms with Gasteiger partial charge in [0, 0.05) is 0 Å². The number of hydrogen-bond acceptors (Lipinski definition) is 11. The third-order valence-corrected chi connectivity index (χ3v) is 3.97. The zero-order valence-electron chi connectivity index (χ0n) is 12.0. The van der Waals surface area contributed by atoms with Gasteiger partial charge in [-0.05, 0) is 0 Å². The Bertz CT molecular complexity index is 344. The molecule has 0 bridgehead atoms. The van der Waals surface area contributed by atoms with Gasteiger partial charge in [0.2, 0.25) is 0 Å². The topological polar surface area (TPSA) is 190 Å². The predicted molar refractivity (Wildman–Crippen MR) is 68.6 cm³/mol. The molecule has 11 nitrogen and oxygen atoms in total. The van der Waals surface area contributed by atoms with E-state index in [1.165, 1.54) is 0 Å². The van der Waals surface area contributed by atoms with Crippen molar-refractivity contribution in [2.75, 3.05) is 13.2 Å². The van der Waals surface area contributed by atoms with E-state index in [1.807, 2.05) is 0 Å². The molecule has 0 spiro atoms. The van der Waals surface area contributed by atoms with Gasteiger partial charge in [0.25, 0.3) is 0 Å². The second kappa shape index (κ2) is 7.63. The van der Waals surface area contributed by atoms with Crippen molar-refractivity contribution in [1.29, 1.82) is 0 Å². The minimum Gasteiger partial charge on any atom is -0.394 e. The van der Waals surface area contributed by atoms with Gasteiger partial charge in [0.1, 0.15) is 48.8 Å². The van der Waals surface area contributed by atoms with Crippen molar-refractivity contribution < 1.29 is 55.1 Å². The number of hydrogen-bond donors (Lipinski definition) is 8. The first-order chi connectivity index (χ1) is 10.8. The summed E-state index contributed by atoms with van der Waals surface area (Å²) >= 11 is 0. The molecule has 2 saturated heterocycles. The van der Waals surface area contributed by atoms with E-state index in [2.05, 4.69) is 0 Å². The largest absolute Gasteiger partial charge is 0.394 e. The van der Waals surface area contributed by atoms with Crippen LogP contribution in [0, 0.1) is 0 Å². The van der Waals surface area contributed by atoms with Crippen molar-refractivity contribution in [3.63, 3.8) is 0 Å². The Hall–Kier alpha value is -0.440. The van der Waals surface area contributed by atoms with Crippen LogP contribution in [0.3, 0.4) is 0 Å². The van der Waals surface area contributed by atoms with Crippen LogP contribution in [0.1, 0.15) is 0 Å². The molecular weight excluding hydrogens is 320 g/mol. The molecule has 2 rings (SSSR count). The maximum Gasteiger partial charge on any atom is 0.189 e. The Morgan fingerprint density at radius 1 is 0.565 bits per heavy atom. The summed E-state index contributed by atoms with van der Waals surface area (Å²) in [7, 11) is 0. The van der Waals surface area contributed by atoms with Crippen molar-refractivity contribution in [2.45, 2.75) is 61.4 Å². The van der Waals surface area contributed by atoms with E-state index in [4.69, 9.17) is 24.4 Å². The molecule has 4 unspecified atom stereocenters. The summed E-state index contributed by atoms with van der Waals surface area (Å²) in [6.45, 7) is -1.33. The average Bonchev–Trinajstić information content (AvgIpc) is 2.55. The second-order valence-electron chi connectivity index (χ2n) is 5.53. The molecule has 0 aromatic rings. The van der Waals surface area contributed by atoms with E-state index >= 15 is 0 Å². The molecule has 0 amide bonds. The first kappa shape index (κ1) is 18.9. The van der Waals surface area contributed by atoms with E-state index in [0.29, 0.717) is 0 Å². The van der Waals surface area contributed by atoms with E-state index in [0.717, 1.165) is 0 Å². The number of rotatable bonds is 4. The Balaban J connectivity index is 2.07. The summed E-state index contributed by atoms with van der Waals surface area (Å²) in [5, 5.41) is 76.4. The molecule has 2 heterocycles. The Labute approximate surface area is 130 Å². The Morgan fingerprint density at radius 2 is 0.913 bits per heavy atom. The van der Waals surface area contributed by atoms with E-state index in [9.17, 15) is 30.6 Å². The van der Waals surface area contributed by atoms with Crippen LogP contribution in [0.2, 0.25) is 0 Å². The smallest absolute Gasteiger partial charge is 0.189 e. The van der Waals surface area contributed by atoms with E-state index in [1.54, 1.807) is 0 Å². The van der Waals surface area contributed by atoms with E-state index < -0.39 is 74.6 Å². The van der Waals surface area contributed by atoms with Gasteiger partial charge in [0.15, 0.2) is 12.6 Å². The third kappa shape index (κ3) is 3.65. The summed E-state index contributed by atoms with van der Waals surface area (Å²) in [5.74, 6) is 0. The SMILES string of the molecule is OCC1O[C@H](O[C@H]2OC(CO)[C@@H](O)[C@@H](O)C2O)[C@H](O)C(O)[C@@H]1O. The van der Waals surface area contributed by atoms with Crippen molar-refractivity contribution in [3.8, 4) is 0 Å². The van der Waals surface area contributed by atoms with Gasteiger partial charge >= 0.3 is 0 Å². The van der Waals surface area contributed by atoms with Gasteiger partial charge in [-0.15, -0.1) is 0 Å². The zero-order chi connectivity index (χ0) is 17.3. The summed E-state index contributed by atoms with van der Waals surface area (Å²) < 4.78 is 15.3. The van der Waals surface area contributed by atoms with Gasteiger partial charge in [-0.1, -0.05) is 0 Å². The molecule has 23 heavy (non-hydrogen) atoms. The predicted octanol–water partition coefficient (Wildman–Crippen LogP) is -5.40. The normalized spacial score (nSPS) is 51.7. The Kier molecular flexibility index (Phi) is 6.27. The van der Waals surface area contributed by atoms with E-state index in [-0.39, 0.29) is 0 Å². The fourth-order valence-corrected chi connectivity index (χ4v) is 2.49. The molecule has 2 aliphatic heterocycles. The summed E-state index contributed by atoms with van der Waals surface area (Å²) in [5.41, 5.74) is 0. The zero-order valence-corrected chi connectivity index (χ0v) is 12.0. The highest BCUT2D eigenvalue weighted by Gasteiger charge is 2.49. The molecule has 0 aromatic heterocycles. The van der Waals surface area contributed by atoms with Gasteiger partial charge < -0.3 is 55.1 Å². The lowest BCUT2D eigenvalue weighted by atomic mass is 9.98.